The van der Waals surface area contributed by atoms with Crippen molar-refractivity contribution < 1.29 is 19.4 Å². The number of nitrogens with one attached hydrogen (secondary N) is 1. The predicted octanol–water partition coefficient (Wildman–Crippen LogP) is 5.16. The molecule has 0 bridgehead atoms. The number of nitrogens with zero attached hydrogens (tertiary/aromatic N) is 3. The highest BCUT2D eigenvalue weighted by atomic mass is 32.1. The molecule has 0 saturated heterocycles. The van der Waals surface area contributed by atoms with Crippen molar-refractivity contribution in [2.45, 2.75) is 69.1 Å². The van der Waals surface area contributed by atoms with Crippen LogP contribution in [0.3, 0.4) is 0 Å². The summed E-state index contributed by atoms with van der Waals surface area (Å²) in [4.78, 5) is 26.4. The highest BCUT2D eigenvalue weighted by Gasteiger charge is 2.49. The van der Waals surface area contributed by atoms with Crippen molar-refractivity contribution in [2.24, 2.45) is 11.7 Å². The van der Waals surface area contributed by atoms with Gasteiger partial charge in [0.15, 0.2) is 5.82 Å². The lowest BCUT2D eigenvalue weighted by atomic mass is 9.63. The minimum Gasteiger partial charge on any atom is -0.453 e. The topological polar surface area (TPSA) is 131 Å². The van der Waals surface area contributed by atoms with Crippen LogP contribution in [0.15, 0.2) is 47.2 Å². The predicted molar refractivity (Wildman–Crippen MR) is 156 cm³/mol. The van der Waals surface area contributed by atoms with E-state index in [1.807, 2.05) is 48.7 Å². The fourth-order valence-electron chi connectivity index (χ4n) is 6.26. The molecule has 2 aromatic heterocycles. The van der Waals surface area contributed by atoms with E-state index in [9.17, 15) is 14.7 Å². The number of hydrogen-bond acceptors (Lipinski definition) is 8. The van der Waals surface area contributed by atoms with Gasteiger partial charge in [-0.25, -0.2) is 4.79 Å². The number of carbonyl (C=O) groups excluding carboxylic acids is 2. The summed E-state index contributed by atoms with van der Waals surface area (Å²) in [6.45, 7) is 1.81. The Morgan fingerprint density at radius 2 is 1.82 bits per heavy atom. The maximum atomic E-state index is 12.9. The molecule has 0 unspecified atom stereocenters. The first-order valence-electron chi connectivity index (χ1n) is 13.7. The Morgan fingerprint density at radius 3 is 2.42 bits per heavy atom. The van der Waals surface area contributed by atoms with Crippen LogP contribution in [0, 0.1) is 5.92 Å². The molecule has 0 aliphatic heterocycles. The summed E-state index contributed by atoms with van der Waals surface area (Å²) >= 11 is 1.59. The average molecular weight is 564 g/mol. The Morgan fingerprint density at radius 1 is 1.12 bits per heavy atom. The fourth-order valence-corrected chi connectivity index (χ4v) is 6.92. The summed E-state index contributed by atoms with van der Waals surface area (Å²) < 4.78 is 4.83. The van der Waals surface area contributed by atoms with Crippen LogP contribution < -0.4 is 11.1 Å². The largest absolute Gasteiger partial charge is 0.453 e. The van der Waals surface area contributed by atoms with Crippen molar-refractivity contribution >= 4 is 29.2 Å². The molecule has 2 fully saturated rings. The van der Waals surface area contributed by atoms with E-state index in [1.54, 1.807) is 23.3 Å². The zero-order valence-electron chi connectivity index (χ0n) is 23.2. The molecule has 9 nitrogen and oxygen atoms in total. The number of aromatic nitrogens is 2. The van der Waals surface area contributed by atoms with Crippen molar-refractivity contribution in [1.29, 1.82) is 0 Å². The second-order valence-corrected chi connectivity index (χ2v) is 12.4. The van der Waals surface area contributed by atoms with Gasteiger partial charge in [-0.2, -0.15) is 11.3 Å². The molecule has 0 spiro atoms. The Bertz CT molecular complexity index is 1340. The molecule has 4 N–H and O–H groups in total. The standard InChI is InChI=1S/C30H37N5O4S/c1-29(38)17-30(31,18-29)22-8-6-20(7-9-22)27-24(21-12-13-40-16-21)15-25(33-34-27)32-26(36)14-19-4-10-23(11-5-19)35(2)28(37)39-3/h6-9,12-13,15-16,19,23,38H,4-5,10-11,14,17-18,31H2,1-3H3,(H,32,33,36)/t19-,23-,29-,30-. The van der Waals surface area contributed by atoms with E-state index in [2.05, 4.69) is 20.9 Å². The van der Waals surface area contributed by atoms with E-state index in [0.717, 1.165) is 53.6 Å². The lowest BCUT2D eigenvalue weighted by Gasteiger charge is -2.49. The Balaban J connectivity index is 1.26. The van der Waals surface area contributed by atoms with Crippen LogP contribution >= 0.6 is 11.3 Å². The van der Waals surface area contributed by atoms with Crippen LogP contribution in [-0.4, -0.2) is 58.0 Å². The van der Waals surface area contributed by atoms with Gasteiger partial charge in [0.25, 0.3) is 0 Å². The molecule has 2 aliphatic carbocycles. The van der Waals surface area contributed by atoms with Gasteiger partial charge in [0.1, 0.15) is 5.69 Å². The monoisotopic (exact) mass is 563 g/mol. The second-order valence-electron chi connectivity index (χ2n) is 11.6. The van der Waals surface area contributed by atoms with E-state index in [4.69, 9.17) is 10.5 Å². The smallest absolute Gasteiger partial charge is 0.409 e. The number of nitrogens with two attached hydrogens (primary N) is 1. The Kier molecular flexibility index (Phi) is 7.94. The van der Waals surface area contributed by atoms with Crippen LogP contribution in [0.5, 0.6) is 0 Å². The highest BCUT2D eigenvalue weighted by molar-refractivity contribution is 7.08. The third kappa shape index (κ3) is 6.04. The first-order valence-corrected chi connectivity index (χ1v) is 14.6. The van der Waals surface area contributed by atoms with Gasteiger partial charge in [0.05, 0.1) is 12.7 Å². The number of hydrogen-bond donors (Lipinski definition) is 3. The molecule has 3 aromatic rings. The third-order valence-electron chi connectivity index (χ3n) is 8.32. The molecule has 2 saturated carbocycles. The van der Waals surface area contributed by atoms with E-state index in [0.29, 0.717) is 25.1 Å². The van der Waals surface area contributed by atoms with E-state index >= 15 is 0 Å². The second kappa shape index (κ2) is 11.3. The van der Waals surface area contributed by atoms with Gasteiger partial charge in [0, 0.05) is 36.2 Å². The lowest BCUT2D eigenvalue weighted by molar-refractivity contribution is -0.117. The summed E-state index contributed by atoms with van der Waals surface area (Å²) in [5.74, 6) is 0.593. The quantitative estimate of drug-likeness (QED) is 0.362. The summed E-state index contributed by atoms with van der Waals surface area (Å²) in [6.07, 6.45) is 4.59. The number of carbonyl (C=O) groups is 2. The fraction of sp³-hybridized carbons (Fsp3) is 0.467. The van der Waals surface area contributed by atoms with Crippen molar-refractivity contribution in [1.82, 2.24) is 15.1 Å². The van der Waals surface area contributed by atoms with Gasteiger partial charge >= 0.3 is 6.09 Å². The van der Waals surface area contributed by atoms with Gasteiger partial charge in [0.2, 0.25) is 5.91 Å². The molecule has 5 rings (SSSR count). The highest BCUT2D eigenvalue weighted by Crippen LogP contribution is 2.46. The number of ether oxygens (including phenoxy) is 1. The number of rotatable bonds is 7. The summed E-state index contributed by atoms with van der Waals surface area (Å²) in [7, 11) is 3.15. The molecule has 1 aromatic carbocycles. The summed E-state index contributed by atoms with van der Waals surface area (Å²) in [6, 6.07) is 12.0. The number of aliphatic hydroxyl groups is 1. The van der Waals surface area contributed by atoms with Crippen LogP contribution in [0.1, 0.15) is 57.4 Å². The van der Waals surface area contributed by atoms with Gasteiger partial charge in [-0.3, -0.25) is 4.79 Å². The molecule has 2 aliphatic rings. The molecule has 10 heteroatoms. The van der Waals surface area contributed by atoms with E-state index in [-0.39, 0.29) is 24.0 Å². The molecule has 0 atom stereocenters. The normalized spacial score (nSPS) is 26.0. The summed E-state index contributed by atoms with van der Waals surface area (Å²) in [5, 5.41) is 26.1. The number of methoxy groups -OCH3 is 1. The number of anilines is 1. The van der Waals surface area contributed by atoms with E-state index < -0.39 is 11.1 Å². The molecule has 2 amide bonds. The minimum atomic E-state index is -0.716. The Labute approximate surface area is 238 Å². The maximum Gasteiger partial charge on any atom is 0.409 e. The van der Waals surface area contributed by atoms with Crippen LogP contribution in [0.25, 0.3) is 22.4 Å². The first kappa shape index (κ1) is 28.2. The zero-order chi connectivity index (χ0) is 28.5. The van der Waals surface area contributed by atoms with Crippen LogP contribution in [0.2, 0.25) is 0 Å². The SMILES string of the molecule is COC(=O)N(C)[C@H]1CC[C@H](CC(=O)Nc2cc(-c3ccsc3)c(-c3ccc([C@]4(N)C[C@](C)(O)C4)cc3)nn2)CC1. The van der Waals surface area contributed by atoms with Crippen molar-refractivity contribution in [3.8, 4) is 22.4 Å². The molecule has 40 heavy (non-hydrogen) atoms. The first-order chi connectivity index (χ1) is 19.1. The van der Waals surface area contributed by atoms with Crippen molar-refractivity contribution in [3.63, 3.8) is 0 Å². The number of benzene rings is 1. The van der Waals surface area contributed by atoms with Gasteiger partial charge in [-0.15, -0.1) is 10.2 Å². The lowest BCUT2D eigenvalue weighted by Crippen LogP contribution is -2.58. The third-order valence-corrected chi connectivity index (χ3v) is 9.00. The summed E-state index contributed by atoms with van der Waals surface area (Å²) in [5.41, 5.74) is 9.79. The molecule has 2 heterocycles. The van der Waals surface area contributed by atoms with Crippen molar-refractivity contribution in [2.75, 3.05) is 19.5 Å². The molecular weight excluding hydrogens is 526 g/mol. The minimum absolute atomic E-state index is 0.0860. The molecule has 212 valence electrons. The van der Waals surface area contributed by atoms with Gasteiger partial charge in [-0.05, 0) is 85.4 Å². The van der Waals surface area contributed by atoms with Crippen molar-refractivity contribution in [3.05, 3.63) is 52.7 Å². The maximum absolute atomic E-state index is 12.9. The van der Waals surface area contributed by atoms with Gasteiger partial charge in [-0.1, -0.05) is 24.3 Å². The zero-order valence-corrected chi connectivity index (χ0v) is 24.0. The van der Waals surface area contributed by atoms with Gasteiger partial charge < -0.3 is 25.8 Å². The van der Waals surface area contributed by atoms with Crippen LogP contribution in [-0.2, 0) is 15.1 Å². The average Bonchev–Trinajstić information content (AvgIpc) is 3.46. The van der Waals surface area contributed by atoms with E-state index in [1.165, 1.54) is 7.11 Å². The van der Waals surface area contributed by atoms with Crippen LogP contribution in [0.4, 0.5) is 10.6 Å². The Hall–Kier alpha value is -3.34. The molecule has 0 radical (unpaired) electrons. The number of thiophene rings is 1. The molecular formula is C30H37N5O4S. The number of amides is 2.